The zero-order valence-electron chi connectivity index (χ0n) is 15.1. The van der Waals surface area contributed by atoms with Crippen LogP contribution in [0, 0.1) is 6.92 Å². The number of carbonyl (C=O) groups excluding carboxylic acids is 1. The van der Waals surface area contributed by atoms with E-state index in [4.69, 9.17) is 4.52 Å². The number of likely N-dealkylation sites (tertiary alicyclic amines) is 1. The molecule has 3 aromatic rings. The Kier molecular flexibility index (Phi) is 5.07. The second-order valence-electron chi connectivity index (χ2n) is 6.90. The molecule has 0 saturated carbocycles. The van der Waals surface area contributed by atoms with Gasteiger partial charge in [0.25, 0.3) is 5.91 Å². The van der Waals surface area contributed by atoms with Crippen LogP contribution in [0.15, 0.2) is 57.5 Å². The van der Waals surface area contributed by atoms with Crippen molar-refractivity contribution >= 4 is 21.8 Å². The first-order chi connectivity index (χ1) is 13.1. The van der Waals surface area contributed by atoms with Gasteiger partial charge in [-0.1, -0.05) is 57.0 Å². The van der Waals surface area contributed by atoms with Crippen molar-refractivity contribution in [1.82, 2.24) is 15.0 Å². The van der Waals surface area contributed by atoms with Gasteiger partial charge in [-0.25, -0.2) is 0 Å². The van der Waals surface area contributed by atoms with Gasteiger partial charge in [0.2, 0.25) is 11.7 Å². The average Bonchev–Trinajstić information content (AvgIpc) is 3.18. The van der Waals surface area contributed by atoms with E-state index >= 15 is 0 Å². The molecule has 1 saturated heterocycles. The molecule has 0 aliphatic carbocycles. The number of nitrogens with zero attached hydrogens (tertiary/aromatic N) is 3. The molecule has 0 radical (unpaired) electrons. The third-order valence-corrected chi connectivity index (χ3v) is 5.45. The maximum Gasteiger partial charge on any atom is 0.253 e. The Bertz CT molecular complexity index is 944. The fourth-order valence-corrected chi connectivity index (χ4v) is 3.75. The normalized spacial score (nSPS) is 15.1. The minimum absolute atomic E-state index is 0.0700. The quantitative estimate of drug-likeness (QED) is 0.602. The maximum atomic E-state index is 12.7. The summed E-state index contributed by atoms with van der Waals surface area (Å²) in [7, 11) is 0. The molecule has 1 amide bonds. The van der Waals surface area contributed by atoms with E-state index in [1.165, 1.54) is 5.56 Å². The molecule has 138 valence electrons. The summed E-state index contributed by atoms with van der Waals surface area (Å²) in [5.74, 6) is 1.56. The van der Waals surface area contributed by atoms with Crippen LogP contribution in [0.5, 0.6) is 0 Å². The fourth-order valence-electron chi connectivity index (χ4n) is 3.35. The molecular weight excluding hydrogens is 406 g/mol. The first-order valence-electron chi connectivity index (χ1n) is 9.05. The van der Waals surface area contributed by atoms with E-state index in [1.807, 2.05) is 53.4 Å². The van der Waals surface area contributed by atoms with E-state index < -0.39 is 0 Å². The fraction of sp³-hybridized carbons (Fsp3) is 0.286. The molecule has 1 fully saturated rings. The van der Waals surface area contributed by atoms with Crippen LogP contribution in [0.4, 0.5) is 0 Å². The lowest BCUT2D eigenvalue weighted by atomic mass is 9.96. The largest absolute Gasteiger partial charge is 0.339 e. The van der Waals surface area contributed by atoms with E-state index in [-0.39, 0.29) is 11.8 Å². The molecule has 1 aliphatic rings. The van der Waals surface area contributed by atoms with Crippen LogP contribution < -0.4 is 0 Å². The summed E-state index contributed by atoms with van der Waals surface area (Å²) < 4.78 is 6.43. The van der Waals surface area contributed by atoms with E-state index in [1.54, 1.807) is 0 Å². The van der Waals surface area contributed by atoms with Gasteiger partial charge in [0, 0.05) is 34.6 Å². The summed E-state index contributed by atoms with van der Waals surface area (Å²) >= 11 is 3.42. The van der Waals surface area contributed by atoms with Gasteiger partial charge in [-0.2, -0.15) is 4.98 Å². The van der Waals surface area contributed by atoms with Crippen molar-refractivity contribution in [2.24, 2.45) is 0 Å². The predicted molar refractivity (Wildman–Crippen MR) is 106 cm³/mol. The molecule has 0 unspecified atom stereocenters. The van der Waals surface area contributed by atoms with Gasteiger partial charge in [-0.3, -0.25) is 4.79 Å². The predicted octanol–water partition coefficient (Wildman–Crippen LogP) is 4.83. The summed E-state index contributed by atoms with van der Waals surface area (Å²) in [5.41, 5.74) is 2.87. The highest BCUT2D eigenvalue weighted by atomic mass is 79.9. The van der Waals surface area contributed by atoms with Crippen LogP contribution in [-0.2, 0) is 0 Å². The van der Waals surface area contributed by atoms with Crippen molar-refractivity contribution in [3.05, 3.63) is 70.0 Å². The van der Waals surface area contributed by atoms with Crippen molar-refractivity contribution in [2.75, 3.05) is 13.1 Å². The third-order valence-electron chi connectivity index (χ3n) is 4.95. The molecule has 2 heterocycles. The molecule has 1 aromatic heterocycles. The van der Waals surface area contributed by atoms with Crippen LogP contribution in [0.1, 0.15) is 40.6 Å². The summed E-state index contributed by atoms with van der Waals surface area (Å²) in [6.07, 6.45) is 1.66. The molecular formula is C21H20BrN3O2. The topological polar surface area (TPSA) is 59.2 Å². The van der Waals surface area contributed by atoms with E-state index in [0.29, 0.717) is 30.4 Å². The molecule has 27 heavy (non-hydrogen) atoms. The number of hydrogen-bond donors (Lipinski definition) is 0. The summed E-state index contributed by atoms with van der Waals surface area (Å²) in [5, 5.41) is 4.13. The van der Waals surface area contributed by atoms with Gasteiger partial charge in [-0.15, -0.1) is 0 Å². The van der Waals surface area contributed by atoms with E-state index in [9.17, 15) is 4.79 Å². The lowest BCUT2D eigenvalue weighted by Gasteiger charge is -2.30. The van der Waals surface area contributed by atoms with Crippen molar-refractivity contribution in [2.45, 2.75) is 25.7 Å². The summed E-state index contributed by atoms with van der Waals surface area (Å²) in [6, 6.07) is 15.6. The molecule has 2 aromatic carbocycles. The van der Waals surface area contributed by atoms with Crippen LogP contribution >= 0.6 is 15.9 Å². The van der Waals surface area contributed by atoms with Crippen LogP contribution in [-0.4, -0.2) is 34.0 Å². The highest BCUT2D eigenvalue weighted by Crippen LogP contribution is 2.29. The zero-order valence-corrected chi connectivity index (χ0v) is 16.6. The number of rotatable bonds is 3. The number of benzene rings is 2. The monoisotopic (exact) mass is 425 g/mol. The molecule has 1 aliphatic heterocycles. The number of piperidine rings is 1. The molecule has 0 atom stereocenters. The lowest BCUT2D eigenvalue weighted by Crippen LogP contribution is -2.38. The molecule has 0 spiro atoms. The van der Waals surface area contributed by atoms with Gasteiger partial charge in [0.15, 0.2) is 0 Å². The SMILES string of the molecule is Cc1ccc(-c2noc(C3CCN(C(=O)c4cccc(Br)c4)CC3)n2)cc1. The van der Waals surface area contributed by atoms with Gasteiger partial charge in [-0.05, 0) is 38.0 Å². The second-order valence-corrected chi connectivity index (χ2v) is 7.81. The number of aryl methyl sites for hydroxylation is 1. The Morgan fingerprint density at radius 3 is 2.59 bits per heavy atom. The highest BCUT2D eigenvalue weighted by molar-refractivity contribution is 9.10. The molecule has 5 nitrogen and oxygen atoms in total. The van der Waals surface area contributed by atoms with Crippen molar-refractivity contribution in [3.8, 4) is 11.4 Å². The Morgan fingerprint density at radius 1 is 1.15 bits per heavy atom. The van der Waals surface area contributed by atoms with E-state index in [2.05, 4.69) is 33.0 Å². The van der Waals surface area contributed by atoms with Crippen molar-refractivity contribution < 1.29 is 9.32 Å². The molecule has 0 bridgehead atoms. The van der Waals surface area contributed by atoms with Crippen LogP contribution in [0.3, 0.4) is 0 Å². The Labute approximate surface area is 166 Å². The average molecular weight is 426 g/mol. The summed E-state index contributed by atoms with van der Waals surface area (Å²) in [6.45, 7) is 3.44. The number of hydrogen-bond acceptors (Lipinski definition) is 4. The van der Waals surface area contributed by atoms with Gasteiger partial charge in [0.1, 0.15) is 0 Å². The standard InChI is InChI=1S/C21H20BrN3O2/c1-14-5-7-15(8-6-14)19-23-20(27-24-19)16-9-11-25(12-10-16)21(26)17-3-2-4-18(22)13-17/h2-8,13,16H,9-12H2,1H3. The molecule has 0 N–H and O–H groups in total. The second kappa shape index (κ2) is 7.64. The van der Waals surface area contributed by atoms with Crippen molar-refractivity contribution in [1.29, 1.82) is 0 Å². The van der Waals surface area contributed by atoms with Gasteiger partial charge < -0.3 is 9.42 Å². The molecule has 4 rings (SSSR count). The Balaban J connectivity index is 1.41. The van der Waals surface area contributed by atoms with E-state index in [0.717, 1.165) is 22.9 Å². The van der Waals surface area contributed by atoms with Gasteiger partial charge in [0.05, 0.1) is 0 Å². The van der Waals surface area contributed by atoms with Crippen molar-refractivity contribution in [3.63, 3.8) is 0 Å². The number of amides is 1. The first-order valence-corrected chi connectivity index (χ1v) is 9.85. The lowest BCUT2D eigenvalue weighted by molar-refractivity contribution is 0.0704. The minimum atomic E-state index is 0.0700. The Morgan fingerprint density at radius 2 is 1.89 bits per heavy atom. The number of carbonyl (C=O) groups is 1. The maximum absolute atomic E-state index is 12.7. The Hall–Kier alpha value is -2.47. The zero-order chi connectivity index (χ0) is 18.8. The smallest absolute Gasteiger partial charge is 0.253 e. The first kappa shape index (κ1) is 17.9. The van der Waals surface area contributed by atoms with Crippen LogP contribution in [0.25, 0.3) is 11.4 Å². The van der Waals surface area contributed by atoms with Crippen LogP contribution in [0.2, 0.25) is 0 Å². The molecule has 6 heteroatoms. The summed E-state index contributed by atoms with van der Waals surface area (Å²) in [4.78, 5) is 19.1. The van der Waals surface area contributed by atoms with Gasteiger partial charge >= 0.3 is 0 Å². The number of aromatic nitrogens is 2. The highest BCUT2D eigenvalue weighted by Gasteiger charge is 2.28. The number of halogens is 1. The minimum Gasteiger partial charge on any atom is -0.339 e. The third kappa shape index (κ3) is 3.95.